The fourth-order valence-corrected chi connectivity index (χ4v) is 4.01. The molecule has 116 valence electrons. The quantitative estimate of drug-likeness (QED) is 0.740. The van der Waals surface area contributed by atoms with Crippen LogP contribution in [-0.4, -0.2) is 28.7 Å². The second kappa shape index (κ2) is 6.02. The summed E-state index contributed by atoms with van der Waals surface area (Å²) in [5.41, 5.74) is 4.83. The molecule has 1 amide bonds. The first kappa shape index (κ1) is 15.8. The van der Waals surface area contributed by atoms with E-state index >= 15 is 0 Å². The predicted molar refractivity (Wildman–Crippen MR) is 80.1 cm³/mol. The van der Waals surface area contributed by atoms with Gasteiger partial charge in [-0.3, -0.25) is 4.79 Å². The number of amides is 1. The van der Waals surface area contributed by atoms with Crippen LogP contribution in [0.25, 0.3) is 0 Å². The third kappa shape index (κ3) is 3.73. The lowest BCUT2D eigenvalue weighted by Crippen LogP contribution is -2.58. The zero-order valence-electron chi connectivity index (χ0n) is 13.0. The molecule has 0 aromatic heterocycles. The van der Waals surface area contributed by atoms with E-state index in [2.05, 4.69) is 19.2 Å². The second-order valence-electron chi connectivity index (χ2n) is 7.47. The first-order valence-corrected chi connectivity index (χ1v) is 8.13. The van der Waals surface area contributed by atoms with Crippen LogP contribution in [0, 0.1) is 11.8 Å². The summed E-state index contributed by atoms with van der Waals surface area (Å²) >= 11 is 0. The smallest absolute Gasteiger partial charge is 0.240 e. The highest BCUT2D eigenvalue weighted by atomic mass is 16.3. The van der Waals surface area contributed by atoms with Crippen LogP contribution in [0.2, 0.25) is 0 Å². The Labute approximate surface area is 122 Å². The molecular weight excluding hydrogens is 252 g/mol. The van der Waals surface area contributed by atoms with Crippen molar-refractivity contribution in [3.05, 3.63) is 0 Å². The molecule has 0 aromatic rings. The molecule has 2 saturated carbocycles. The van der Waals surface area contributed by atoms with Gasteiger partial charge < -0.3 is 16.2 Å². The minimum absolute atomic E-state index is 0.0734. The summed E-state index contributed by atoms with van der Waals surface area (Å²) < 4.78 is 0. The average molecular weight is 282 g/mol. The highest BCUT2D eigenvalue weighted by Gasteiger charge is 2.39. The van der Waals surface area contributed by atoms with Crippen LogP contribution in [0.1, 0.15) is 65.2 Å². The SMILES string of the molecule is CC1CCCC(O)(CNC(=O)C2(N)CCCC(C)C2)C1. The Kier molecular flexibility index (Phi) is 4.75. The van der Waals surface area contributed by atoms with Crippen molar-refractivity contribution >= 4 is 5.91 Å². The van der Waals surface area contributed by atoms with Gasteiger partial charge in [-0.15, -0.1) is 0 Å². The standard InChI is InChI=1S/C16H30N2O2/c1-12-5-3-7-15(20,9-12)11-18-14(19)16(17)8-4-6-13(2)10-16/h12-13,20H,3-11,17H2,1-2H3,(H,18,19). The molecule has 0 aromatic carbocycles. The number of carbonyl (C=O) groups is 1. The molecule has 4 atom stereocenters. The molecule has 0 spiro atoms. The minimum atomic E-state index is -0.732. The monoisotopic (exact) mass is 282 g/mol. The summed E-state index contributed by atoms with van der Waals surface area (Å²) in [6, 6.07) is 0. The zero-order chi connectivity index (χ0) is 14.8. The number of carbonyl (C=O) groups excluding carboxylic acids is 1. The molecule has 20 heavy (non-hydrogen) atoms. The number of nitrogens with two attached hydrogens (primary N) is 1. The lowest BCUT2D eigenvalue weighted by atomic mass is 9.76. The maximum atomic E-state index is 12.4. The fourth-order valence-electron chi connectivity index (χ4n) is 4.01. The summed E-state index contributed by atoms with van der Waals surface area (Å²) in [5, 5.41) is 13.5. The van der Waals surface area contributed by atoms with Gasteiger partial charge in [0.15, 0.2) is 0 Å². The molecule has 0 bridgehead atoms. The summed E-state index contributed by atoms with van der Waals surface area (Å²) in [4.78, 5) is 12.4. The van der Waals surface area contributed by atoms with Gasteiger partial charge in [-0.2, -0.15) is 0 Å². The van der Waals surface area contributed by atoms with Gasteiger partial charge in [-0.25, -0.2) is 0 Å². The van der Waals surface area contributed by atoms with Crippen LogP contribution in [0.4, 0.5) is 0 Å². The van der Waals surface area contributed by atoms with Crippen molar-refractivity contribution in [2.45, 2.75) is 76.4 Å². The third-order valence-corrected chi connectivity index (χ3v) is 5.13. The Morgan fingerprint density at radius 2 is 1.80 bits per heavy atom. The highest BCUT2D eigenvalue weighted by Crippen LogP contribution is 2.33. The lowest BCUT2D eigenvalue weighted by molar-refractivity contribution is -0.129. The summed E-state index contributed by atoms with van der Waals surface area (Å²) in [6.07, 6.45) is 7.48. The number of hydrogen-bond acceptors (Lipinski definition) is 3. The first-order chi connectivity index (χ1) is 9.33. The second-order valence-corrected chi connectivity index (χ2v) is 7.47. The van der Waals surface area contributed by atoms with E-state index in [-0.39, 0.29) is 5.91 Å². The van der Waals surface area contributed by atoms with E-state index < -0.39 is 11.1 Å². The normalized spacial score (nSPS) is 42.2. The van der Waals surface area contributed by atoms with Gasteiger partial charge in [0.1, 0.15) is 0 Å². The molecule has 2 aliphatic rings. The minimum Gasteiger partial charge on any atom is -0.388 e. The molecule has 2 aliphatic carbocycles. The van der Waals surface area contributed by atoms with Gasteiger partial charge in [0.25, 0.3) is 0 Å². The molecule has 0 saturated heterocycles. The van der Waals surface area contributed by atoms with E-state index in [0.29, 0.717) is 18.4 Å². The van der Waals surface area contributed by atoms with E-state index in [4.69, 9.17) is 5.73 Å². The molecule has 2 fully saturated rings. The Morgan fingerprint density at radius 1 is 1.20 bits per heavy atom. The number of hydrogen-bond donors (Lipinski definition) is 3. The van der Waals surface area contributed by atoms with E-state index in [1.807, 2.05) is 0 Å². The molecule has 4 N–H and O–H groups in total. The summed E-state index contributed by atoms with van der Waals surface area (Å²) in [6.45, 7) is 4.67. The lowest BCUT2D eigenvalue weighted by Gasteiger charge is -2.38. The summed E-state index contributed by atoms with van der Waals surface area (Å²) in [5.74, 6) is 0.972. The molecule has 4 nitrogen and oxygen atoms in total. The van der Waals surface area contributed by atoms with Crippen LogP contribution in [0.15, 0.2) is 0 Å². The van der Waals surface area contributed by atoms with Gasteiger partial charge >= 0.3 is 0 Å². The Hall–Kier alpha value is -0.610. The van der Waals surface area contributed by atoms with Gasteiger partial charge in [0.05, 0.1) is 11.1 Å². The maximum absolute atomic E-state index is 12.4. The van der Waals surface area contributed by atoms with Crippen molar-refractivity contribution in [2.75, 3.05) is 6.54 Å². The zero-order valence-corrected chi connectivity index (χ0v) is 13.0. The van der Waals surface area contributed by atoms with Crippen molar-refractivity contribution in [1.29, 1.82) is 0 Å². The predicted octanol–water partition coefficient (Wildman–Crippen LogP) is 1.95. The topological polar surface area (TPSA) is 75.3 Å². The van der Waals surface area contributed by atoms with E-state index in [1.165, 1.54) is 6.42 Å². The van der Waals surface area contributed by atoms with Gasteiger partial charge in [0.2, 0.25) is 5.91 Å². The van der Waals surface area contributed by atoms with Crippen molar-refractivity contribution < 1.29 is 9.90 Å². The van der Waals surface area contributed by atoms with Crippen molar-refractivity contribution in [2.24, 2.45) is 17.6 Å². The summed E-state index contributed by atoms with van der Waals surface area (Å²) in [7, 11) is 0. The van der Waals surface area contributed by atoms with Crippen LogP contribution >= 0.6 is 0 Å². The van der Waals surface area contributed by atoms with Gasteiger partial charge in [-0.05, 0) is 37.5 Å². The molecule has 0 heterocycles. The van der Waals surface area contributed by atoms with Crippen LogP contribution < -0.4 is 11.1 Å². The Bertz CT molecular complexity index is 360. The third-order valence-electron chi connectivity index (χ3n) is 5.13. The molecule has 4 heteroatoms. The number of aliphatic hydroxyl groups is 1. The highest BCUT2D eigenvalue weighted by molar-refractivity contribution is 5.86. The van der Waals surface area contributed by atoms with Crippen LogP contribution in [0.3, 0.4) is 0 Å². The first-order valence-electron chi connectivity index (χ1n) is 8.13. The van der Waals surface area contributed by atoms with Gasteiger partial charge in [0, 0.05) is 6.54 Å². The van der Waals surface area contributed by atoms with Gasteiger partial charge in [-0.1, -0.05) is 39.5 Å². The molecule has 0 radical (unpaired) electrons. The number of rotatable bonds is 3. The fraction of sp³-hybridized carbons (Fsp3) is 0.938. The van der Waals surface area contributed by atoms with E-state index in [0.717, 1.165) is 44.9 Å². The van der Waals surface area contributed by atoms with Crippen LogP contribution in [0.5, 0.6) is 0 Å². The van der Waals surface area contributed by atoms with Crippen molar-refractivity contribution in [3.63, 3.8) is 0 Å². The molecule has 0 aliphatic heterocycles. The maximum Gasteiger partial charge on any atom is 0.240 e. The van der Waals surface area contributed by atoms with Crippen LogP contribution in [-0.2, 0) is 4.79 Å². The average Bonchev–Trinajstić information content (AvgIpc) is 2.35. The Morgan fingerprint density at radius 3 is 2.40 bits per heavy atom. The number of nitrogens with one attached hydrogen (secondary N) is 1. The van der Waals surface area contributed by atoms with Crippen molar-refractivity contribution in [1.82, 2.24) is 5.32 Å². The van der Waals surface area contributed by atoms with Crippen molar-refractivity contribution in [3.8, 4) is 0 Å². The Balaban J connectivity index is 1.88. The molecular formula is C16H30N2O2. The molecule has 4 unspecified atom stereocenters. The molecule has 2 rings (SSSR count). The van der Waals surface area contributed by atoms with E-state index in [1.54, 1.807) is 0 Å². The largest absolute Gasteiger partial charge is 0.388 e. The van der Waals surface area contributed by atoms with E-state index in [9.17, 15) is 9.90 Å².